The Kier molecular flexibility index (Phi) is 6.17. The van der Waals surface area contributed by atoms with Crippen LogP contribution >= 0.6 is 11.8 Å². The molecule has 0 spiro atoms. The lowest BCUT2D eigenvalue weighted by Gasteiger charge is -2.20. The van der Waals surface area contributed by atoms with Crippen LogP contribution in [0.4, 0.5) is 14.6 Å². The van der Waals surface area contributed by atoms with E-state index in [0.717, 1.165) is 30.2 Å². The monoisotopic (exact) mass is 492 g/mol. The van der Waals surface area contributed by atoms with E-state index in [-0.39, 0.29) is 18.4 Å². The van der Waals surface area contributed by atoms with Crippen molar-refractivity contribution in [3.05, 3.63) is 35.4 Å². The Morgan fingerprint density at radius 3 is 2.59 bits per heavy atom. The number of fused-ring (bicyclic) bond motifs is 1. The quantitative estimate of drug-likeness (QED) is 0.336. The highest BCUT2D eigenvalue weighted by molar-refractivity contribution is 7.99. The molecule has 0 radical (unpaired) electrons. The fraction of sp³-hybridized carbons (Fsp3) is 0.545. The standard InChI is InChI=1S/C22H26F2N6O3S/c1-3-6-34-22-25-20(29(2)14-8-11(14)10-4-5-12(23)13(24)7-10)17-21(26-22)30(28-27-17)15-9-16(31)19(33)18(15)32/h4-5,7,11,14-16,18-19,31-33H,3,6,8-9H2,1-2H3/t11?,14?,15-,16+,18+,19-/m0/s1. The third-order valence-corrected chi connectivity index (χ3v) is 7.67. The average Bonchev–Trinajstić information content (AvgIpc) is 3.46. The molecule has 3 N–H and O–H groups in total. The van der Waals surface area contributed by atoms with E-state index in [0.29, 0.717) is 22.1 Å². The number of aliphatic hydroxyl groups is 3. The van der Waals surface area contributed by atoms with Crippen LogP contribution in [0.2, 0.25) is 0 Å². The number of rotatable bonds is 7. The molecular weight excluding hydrogens is 466 g/mol. The highest BCUT2D eigenvalue weighted by Crippen LogP contribution is 2.46. The zero-order valence-electron chi connectivity index (χ0n) is 18.7. The zero-order valence-corrected chi connectivity index (χ0v) is 19.5. The second kappa shape index (κ2) is 8.99. The number of anilines is 1. The fourth-order valence-electron chi connectivity index (χ4n) is 4.62. The van der Waals surface area contributed by atoms with Gasteiger partial charge in [-0.05, 0) is 30.5 Å². The summed E-state index contributed by atoms with van der Waals surface area (Å²) >= 11 is 1.49. The van der Waals surface area contributed by atoms with Crippen molar-refractivity contribution < 1.29 is 24.1 Å². The molecule has 1 aromatic carbocycles. The summed E-state index contributed by atoms with van der Waals surface area (Å²) in [6.07, 6.45) is -1.75. The largest absolute Gasteiger partial charge is 0.390 e. The maximum Gasteiger partial charge on any atom is 0.191 e. The van der Waals surface area contributed by atoms with Crippen LogP contribution in [0.25, 0.3) is 11.2 Å². The minimum absolute atomic E-state index is 0.0119. The molecule has 2 aromatic heterocycles. The Bertz CT molecular complexity index is 1210. The van der Waals surface area contributed by atoms with Crippen LogP contribution in [0.1, 0.15) is 43.7 Å². The van der Waals surface area contributed by atoms with Crippen LogP contribution in [-0.2, 0) is 0 Å². The Balaban J connectivity index is 1.50. The second-order valence-electron chi connectivity index (χ2n) is 8.93. The lowest BCUT2D eigenvalue weighted by atomic mass is 10.1. The number of aromatic nitrogens is 5. The first-order valence-corrected chi connectivity index (χ1v) is 12.3. The van der Waals surface area contributed by atoms with E-state index in [9.17, 15) is 24.1 Å². The summed E-state index contributed by atoms with van der Waals surface area (Å²) in [5.41, 5.74) is 1.57. The van der Waals surface area contributed by atoms with Crippen LogP contribution in [0.5, 0.6) is 0 Å². The molecule has 0 aliphatic heterocycles. The van der Waals surface area contributed by atoms with Crippen molar-refractivity contribution in [2.45, 2.75) is 67.7 Å². The molecule has 2 unspecified atom stereocenters. The van der Waals surface area contributed by atoms with Gasteiger partial charge in [0.25, 0.3) is 0 Å². The molecule has 3 aromatic rings. The molecule has 34 heavy (non-hydrogen) atoms. The molecular formula is C22H26F2N6O3S. The summed E-state index contributed by atoms with van der Waals surface area (Å²) < 4.78 is 28.6. The first-order valence-electron chi connectivity index (χ1n) is 11.3. The molecule has 0 saturated heterocycles. The van der Waals surface area contributed by atoms with Gasteiger partial charge in [0, 0.05) is 31.2 Å². The summed E-state index contributed by atoms with van der Waals surface area (Å²) in [7, 11) is 1.87. The summed E-state index contributed by atoms with van der Waals surface area (Å²) in [6.45, 7) is 2.05. The molecule has 2 fully saturated rings. The van der Waals surface area contributed by atoms with E-state index in [1.165, 1.54) is 22.5 Å². The Labute approximate surface area is 198 Å². The summed E-state index contributed by atoms with van der Waals surface area (Å²) in [5.74, 6) is -0.352. The van der Waals surface area contributed by atoms with Crippen molar-refractivity contribution >= 4 is 28.7 Å². The molecule has 2 aliphatic rings. The summed E-state index contributed by atoms with van der Waals surface area (Å²) in [5, 5.41) is 39.5. The molecule has 0 bridgehead atoms. The van der Waals surface area contributed by atoms with Gasteiger partial charge >= 0.3 is 0 Å². The van der Waals surface area contributed by atoms with Gasteiger partial charge in [-0.2, -0.15) is 0 Å². The Hall–Kier alpha value is -2.41. The number of aliphatic hydroxyl groups excluding tert-OH is 3. The van der Waals surface area contributed by atoms with Crippen LogP contribution in [0.3, 0.4) is 0 Å². The van der Waals surface area contributed by atoms with E-state index in [1.54, 1.807) is 6.07 Å². The predicted molar refractivity (Wildman–Crippen MR) is 122 cm³/mol. The van der Waals surface area contributed by atoms with E-state index >= 15 is 0 Å². The third-order valence-electron chi connectivity index (χ3n) is 6.62. The van der Waals surface area contributed by atoms with Crippen molar-refractivity contribution in [2.75, 3.05) is 17.7 Å². The topological polar surface area (TPSA) is 120 Å². The van der Waals surface area contributed by atoms with E-state index in [1.807, 2.05) is 11.9 Å². The second-order valence-corrected chi connectivity index (χ2v) is 9.99. The number of hydrogen-bond donors (Lipinski definition) is 3. The molecule has 2 saturated carbocycles. The third kappa shape index (κ3) is 4.02. The SMILES string of the molecule is CCCSc1nc(N(C)C2CC2c2ccc(F)c(F)c2)c2nnn([C@H]3C[C@@H](O)[C@H](O)[C@@H]3O)c2n1. The van der Waals surface area contributed by atoms with Gasteiger partial charge in [0.1, 0.15) is 12.2 Å². The predicted octanol–water partition coefficient (Wildman–Crippen LogP) is 2.02. The molecule has 6 atom stereocenters. The minimum atomic E-state index is -1.27. The molecule has 9 nitrogen and oxygen atoms in total. The summed E-state index contributed by atoms with van der Waals surface area (Å²) in [6, 6.07) is 3.31. The molecule has 2 heterocycles. The van der Waals surface area contributed by atoms with Crippen LogP contribution in [-0.4, -0.2) is 77.4 Å². The van der Waals surface area contributed by atoms with Gasteiger partial charge in [0.05, 0.1) is 12.1 Å². The zero-order chi connectivity index (χ0) is 24.1. The number of halogens is 2. The van der Waals surface area contributed by atoms with Crippen molar-refractivity contribution in [1.29, 1.82) is 0 Å². The Morgan fingerprint density at radius 1 is 1.12 bits per heavy atom. The van der Waals surface area contributed by atoms with E-state index in [2.05, 4.69) is 22.2 Å². The average molecular weight is 493 g/mol. The van der Waals surface area contributed by atoms with Gasteiger partial charge in [0.2, 0.25) is 0 Å². The number of nitrogens with zero attached hydrogens (tertiary/aromatic N) is 6. The van der Waals surface area contributed by atoms with Crippen molar-refractivity contribution in [3.63, 3.8) is 0 Å². The van der Waals surface area contributed by atoms with Gasteiger partial charge in [-0.3, -0.25) is 0 Å². The Morgan fingerprint density at radius 2 is 1.91 bits per heavy atom. The normalized spacial score (nSPS) is 28.6. The number of likely N-dealkylation sites (N-methyl/N-ethyl adjacent to an activating group) is 1. The molecule has 12 heteroatoms. The van der Waals surface area contributed by atoms with Crippen molar-refractivity contribution in [1.82, 2.24) is 25.0 Å². The lowest BCUT2D eigenvalue weighted by molar-refractivity contribution is -0.0253. The van der Waals surface area contributed by atoms with Gasteiger partial charge in [0.15, 0.2) is 33.8 Å². The van der Waals surface area contributed by atoms with Crippen LogP contribution in [0.15, 0.2) is 23.4 Å². The van der Waals surface area contributed by atoms with Crippen LogP contribution < -0.4 is 4.90 Å². The highest BCUT2D eigenvalue weighted by atomic mass is 32.2. The highest BCUT2D eigenvalue weighted by Gasteiger charge is 2.45. The maximum absolute atomic E-state index is 13.7. The van der Waals surface area contributed by atoms with E-state index < -0.39 is 36.0 Å². The maximum atomic E-state index is 13.7. The van der Waals surface area contributed by atoms with Gasteiger partial charge < -0.3 is 20.2 Å². The van der Waals surface area contributed by atoms with Crippen LogP contribution in [0, 0.1) is 11.6 Å². The summed E-state index contributed by atoms with van der Waals surface area (Å²) in [4.78, 5) is 11.3. The van der Waals surface area contributed by atoms with Crippen molar-refractivity contribution in [2.24, 2.45) is 0 Å². The van der Waals surface area contributed by atoms with Gasteiger partial charge in [-0.25, -0.2) is 23.4 Å². The first-order chi connectivity index (χ1) is 16.3. The lowest BCUT2D eigenvalue weighted by Crippen LogP contribution is -2.31. The molecule has 0 amide bonds. The number of thioether (sulfide) groups is 1. The van der Waals surface area contributed by atoms with Gasteiger partial charge in [-0.15, -0.1) is 5.10 Å². The smallest absolute Gasteiger partial charge is 0.191 e. The minimum Gasteiger partial charge on any atom is -0.390 e. The number of benzene rings is 1. The van der Waals surface area contributed by atoms with Gasteiger partial charge in [-0.1, -0.05) is 30.0 Å². The first kappa shape index (κ1) is 23.3. The fourth-order valence-corrected chi connectivity index (χ4v) is 5.31. The van der Waals surface area contributed by atoms with E-state index in [4.69, 9.17) is 4.98 Å². The number of hydrogen-bond acceptors (Lipinski definition) is 9. The molecule has 2 aliphatic carbocycles. The molecule has 5 rings (SSSR count). The molecule has 182 valence electrons. The van der Waals surface area contributed by atoms with Crippen molar-refractivity contribution in [3.8, 4) is 0 Å².